The van der Waals surface area contributed by atoms with E-state index in [-0.39, 0.29) is 30.8 Å². The van der Waals surface area contributed by atoms with E-state index in [4.69, 9.17) is 4.74 Å². The summed E-state index contributed by atoms with van der Waals surface area (Å²) in [5, 5.41) is 9.43. The van der Waals surface area contributed by atoms with Crippen molar-refractivity contribution in [2.45, 2.75) is 51.1 Å². The highest BCUT2D eigenvalue weighted by atomic mass is 19.4. The van der Waals surface area contributed by atoms with Crippen molar-refractivity contribution in [1.29, 1.82) is 0 Å². The second kappa shape index (κ2) is 11.0. The molecule has 32 heavy (non-hydrogen) atoms. The van der Waals surface area contributed by atoms with Crippen LogP contribution in [0.3, 0.4) is 0 Å². The highest BCUT2D eigenvalue weighted by Gasteiger charge is 2.36. The molecule has 0 bridgehead atoms. The molecule has 1 unspecified atom stereocenters. The fourth-order valence-corrected chi connectivity index (χ4v) is 4.32. The van der Waals surface area contributed by atoms with E-state index in [2.05, 4.69) is 0 Å². The molecule has 2 saturated heterocycles. The van der Waals surface area contributed by atoms with Crippen LogP contribution in [0.5, 0.6) is 5.75 Å². The van der Waals surface area contributed by atoms with Gasteiger partial charge in [0.05, 0.1) is 11.1 Å². The highest BCUT2D eigenvalue weighted by Crippen LogP contribution is 2.35. The van der Waals surface area contributed by atoms with Crippen molar-refractivity contribution < 1.29 is 32.6 Å². The fourth-order valence-electron chi connectivity index (χ4n) is 4.32. The van der Waals surface area contributed by atoms with Gasteiger partial charge in [-0.25, -0.2) is 0 Å². The van der Waals surface area contributed by atoms with Crippen LogP contribution in [-0.2, 0) is 11.0 Å². The summed E-state index contributed by atoms with van der Waals surface area (Å²) >= 11 is 0. The van der Waals surface area contributed by atoms with Crippen molar-refractivity contribution >= 4 is 11.8 Å². The number of halogens is 3. The zero-order valence-electron chi connectivity index (χ0n) is 18.2. The van der Waals surface area contributed by atoms with Crippen molar-refractivity contribution in [2.75, 3.05) is 39.4 Å². The van der Waals surface area contributed by atoms with Gasteiger partial charge in [-0.15, -0.1) is 0 Å². The molecule has 0 spiro atoms. The van der Waals surface area contributed by atoms with Gasteiger partial charge in [-0.3, -0.25) is 9.59 Å². The standard InChI is InChI=1S/C23H31F3N2O4/c24-23(25,26)20-9-8-18(13-19(20)22(31)27-10-4-1-2-5-11-27)32-16-21(30)28-12-6-3-7-17(14-28)15-29/h8-9,13,17,29H,1-7,10-12,14-16H2. The molecule has 1 atom stereocenters. The number of alkyl halides is 3. The normalized spacial score (nSPS) is 20.4. The molecule has 2 heterocycles. The number of aliphatic hydroxyl groups is 1. The average molecular weight is 457 g/mol. The van der Waals surface area contributed by atoms with E-state index < -0.39 is 23.2 Å². The van der Waals surface area contributed by atoms with Crippen LogP contribution < -0.4 is 4.74 Å². The third kappa shape index (κ3) is 6.37. The van der Waals surface area contributed by atoms with Gasteiger partial charge in [0.1, 0.15) is 5.75 Å². The van der Waals surface area contributed by atoms with Crippen molar-refractivity contribution in [3.63, 3.8) is 0 Å². The summed E-state index contributed by atoms with van der Waals surface area (Å²) in [6, 6.07) is 3.09. The lowest BCUT2D eigenvalue weighted by Gasteiger charge is -2.24. The van der Waals surface area contributed by atoms with Crippen molar-refractivity contribution in [2.24, 2.45) is 5.92 Å². The first-order chi connectivity index (χ1) is 15.3. The number of likely N-dealkylation sites (tertiary alicyclic amines) is 2. The van der Waals surface area contributed by atoms with Gasteiger partial charge in [-0.1, -0.05) is 19.3 Å². The molecule has 9 heteroatoms. The van der Waals surface area contributed by atoms with Crippen LogP contribution in [-0.4, -0.2) is 66.1 Å². The minimum atomic E-state index is -4.67. The number of ether oxygens (including phenoxy) is 1. The van der Waals surface area contributed by atoms with Crippen LogP contribution in [0.1, 0.15) is 60.9 Å². The predicted molar refractivity (Wildman–Crippen MR) is 112 cm³/mol. The number of nitrogens with zero attached hydrogens (tertiary/aromatic N) is 2. The number of carbonyl (C=O) groups excluding carboxylic acids is 2. The fraction of sp³-hybridized carbons (Fsp3) is 0.652. The maximum absolute atomic E-state index is 13.6. The van der Waals surface area contributed by atoms with Crippen LogP contribution in [0, 0.1) is 5.92 Å². The molecule has 1 aromatic carbocycles. The van der Waals surface area contributed by atoms with Gasteiger partial charge >= 0.3 is 6.18 Å². The summed E-state index contributed by atoms with van der Waals surface area (Å²) < 4.78 is 46.2. The van der Waals surface area contributed by atoms with Gasteiger partial charge in [0.2, 0.25) is 0 Å². The van der Waals surface area contributed by atoms with Crippen LogP contribution >= 0.6 is 0 Å². The Labute approximate surface area is 186 Å². The van der Waals surface area contributed by atoms with Gasteiger partial charge in [0, 0.05) is 32.8 Å². The van der Waals surface area contributed by atoms with E-state index in [1.807, 2.05) is 0 Å². The second-order valence-corrected chi connectivity index (χ2v) is 8.58. The van der Waals surface area contributed by atoms with E-state index in [1.165, 1.54) is 4.90 Å². The number of hydrogen-bond donors (Lipinski definition) is 1. The minimum absolute atomic E-state index is 0.00547. The molecular weight excluding hydrogens is 425 g/mol. The summed E-state index contributed by atoms with van der Waals surface area (Å²) in [6.45, 7) is 1.53. The zero-order valence-corrected chi connectivity index (χ0v) is 18.2. The quantitative estimate of drug-likeness (QED) is 0.733. The Bertz CT molecular complexity index is 792. The van der Waals surface area contributed by atoms with Gasteiger partial charge in [-0.2, -0.15) is 13.2 Å². The van der Waals surface area contributed by atoms with Crippen molar-refractivity contribution in [3.8, 4) is 5.75 Å². The molecule has 1 N–H and O–H groups in total. The van der Waals surface area contributed by atoms with Crippen LogP contribution in [0.4, 0.5) is 13.2 Å². The first-order valence-electron chi connectivity index (χ1n) is 11.3. The monoisotopic (exact) mass is 456 g/mol. The second-order valence-electron chi connectivity index (χ2n) is 8.58. The molecule has 0 saturated carbocycles. The predicted octanol–water partition coefficient (Wildman–Crippen LogP) is 3.72. The SMILES string of the molecule is O=C(COc1ccc(C(F)(F)F)c(C(=O)N2CCCCCC2)c1)N1CCCCC(CO)C1. The molecular formula is C23H31F3N2O4. The van der Waals surface area contributed by atoms with E-state index in [9.17, 15) is 27.9 Å². The lowest BCUT2D eigenvalue weighted by atomic mass is 10.0. The Morgan fingerprint density at radius 2 is 1.66 bits per heavy atom. The number of aliphatic hydroxyl groups excluding tert-OH is 1. The summed E-state index contributed by atoms with van der Waals surface area (Å²) in [4.78, 5) is 28.6. The molecule has 0 radical (unpaired) electrons. The Kier molecular flexibility index (Phi) is 8.39. The third-order valence-electron chi connectivity index (χ3n) is 6.16. The molecule has 2 fully saturated rings. The molecule has 1 aromatic rings. The largest absolute Gasteiger partial charge is 0.484 e. The summed E-state index contributed by atoms with van der Waals surface area (Å²) in [7, 11) is 0. The number of carbonyl (C=O) groups is 2. The van der Waals surface area contributed by atoms with Gasteiger partial charge in [0.25, 0.3) is 11.8 Å². The molecule has 2 aliphatic rings. The topological polar surface area (TPSA) is 70.1 Å². The molecule has 0 aliphatic carbocycles. The Hall–Kier alpha value is -2.29. The van der Waals surface area contributed by atoms with Gasteiger partial charge in [0.15, 0.2) is 6.61 Å². The first kappa shape index (κ1) is 24.4. The summed E-state index contributed by atoms with van der Waals surface area (Å²) in [6.07, 6.45) is 1.38. The Balaban J connectivity index is 1.73. The Morgan fingerprint density at radius 3 is 2.31 bits per heavy atom. The highest BCUT2D eigenvalue weighted by molar-refractivity contribution is 5.96. The maximum atomic E-state index is 13.6. The van der Waals surface area contributed by atoms with E-state index >= 15 is 0 Å². The van der Waals surface area contributed by atoms with Gasteiger partial charge in [-0.05, 0) is 49.8 Å². The summed E-state index contributed by atoms with van der Waals surface area (Å²) in [5.74, 6) is -0.872. The molecule has 2 amide bonds. The minimum Gasteiger partial charge on any atom is -0.484 e. The molecule has 2 aliphatic heterocycles. The maximum Gasteiger partial charge on any atom is 0.417 e. The first-order valence-corrected chi connectivity index (χ1v) is 11.3. The zero-order chi connectivity index (χ0) is 23.1. The Morgan fingerprint density at radius 1 is 1.00 bits per heavy atom. The lowest BCUT2D eigenvalue weighted by molar-refractivity contribution is -0.138. The summed E-state index contributed by atoms with van der Waals surface area (Å²) in [5.41, 5.74) is -1.44. The molecule has 178 valence electrons. The van der Waals surface area contributed by atoms with E-state index in [0.29, 0.717) is 26.2 Å². The van der Waals surface area contributed by atoms with Crippen LogP contribution in [0.2, 0.25) is 0 Å². The van der Waals surface area contributed by atoms with Crippen molar-refractivity contribution in [3.05, 3.63) is 29.3 Å². The molecule has 0 aromatic heterocycles. The smallest absolute Gasteiger partial charge is 0.417 e. The van der Waals surface area contributed by atoms with E-state index in [1.54, 1.807) is 4.90 Å². The lowest BCUT2D eigenvalue weighted by Crippen LogP contribution is -2.38. The molecule has 6 nitrogen and oxygen atoms in total. The number of amides is 2. The molecule has 3 rings (SSSR count). The number of rotatable bonds is 5. The average Bonchev–Trinajstić information content (AvgIpc) is 3.19. The number of benzene rings is 1. The number of hydrogen-bond acceptors (Lipinski definition) is 4. The van der Waals surface area contributed by atoms with Crippen molar-refractivity contribution in [1.82, 2.24) is 9.80 Å². The van der Waals surface area contributed by atoms with Crippen LogP contribution in [0.25, 0.3) is 0 Å². The van der Waals surface area contributed by atoms with Gasteiger partial charge < -0.3 is 19.6 Å². The third-order valence-corrected chi connectivity index (χ3v) is 6.16. The van der Waals surface area contributed by atoms with E-state index in [0.717, 1.165) is 63.1 Å². The van der Waals surface area contributed by atoms with Crippen LogP contribution in [0.15, 0.2) is 18.2 Å².